The van der Waals surface area contributed by atoms with Crippen LogP contribution in [0, 0.1) is 17.0 Å². The summed E-state index contributed by atoms with van der Waals surface area (Å²) < 4.78 is 0. The number of rotatable bonds is 6. The van der Waals surface area contributed by atoms with Gasteiger partial charge in [0.1, 0.15) is 10.9 Å². The highest BCUT2D eigenvalue weighted by Gasteiger charge is 2.25. The van der Waals surface area contributed by atoms with Crippen LogP contribution in [-0.2, 0) is 4.79 Å². The molecule has 0 saturated carbocycles. The summed E-state index contributed by atoms with van der Waals surface area (Å²) in [6.45, 7) is 1.76. The van der Waals surface area contributed by atoms with Gasteiger partial charge in [-0.3, -0.25) is 14.9 Å². The largest absolute Gasteiger partial charge is 0.319 e. The molecule has 0 saturated heterocycles. The predicted octanol–water partition coefficient (Wildman–Crippen LogP) is 6.03. The Hall–Kier alpha value is -2.83. The van der Waals surface area contributed by atoms with Crippen molar-refractivity contribution in [1.82, 2.24) is 0 Å². The lowest BCUT2D eigenvalue weighted by Crippen LogP contribution is -2.19. The first-order valence-electron chi connectivity index (χ1n) is 8.48. The number of nitro groups is 1. The van der Waals surface area contributed by atoms with Gasteiger partial charge in [0.2, 0.25) is 5.91 Å². The van der Waals surface area contributed by atoms with Crippen LogP contribution >= 0.6 is 23.4 Å². The second kappa shape index (κ2) is 8.91. The maximum Gasteiger partial charge on any atom is 0.293 e. The van der Waals surface area contributed by atoms with Crippen LogP contribution in [0.5, 0.6) is 0 Å². The van der Waals surface area contributed by atoms with E-state index in [1.54, 1.807) is 25.1 Å². The SMILES string of the molecule is Cc1ccc(NC(=O)[C@H](Sc2ccccc2Cl)c2ccccc2)c([N+](=O)[O-])c1. The lowest BCUT2D eigenvalue weighted by atomic mass is 10.1. The highest BCUT2D eigenvalue weighted by atomic mass is 35.5. The van der Waals surface area contributed by atoms with Gasteiger partial charge in [0.05, 0.1) is 9.95 Å². The first kappa shape index (κ1) is 19.9. The molecular formula is C21H17ClN2O3S. The monoisotopic (exact) mass is 412 g/mol. The number of hydrogen-bond donors (Lipinski definition) is 1. The zero-order chi connectivity index (χ0) is 20.1. The highest BCUT2D eigenvalue weighted by molar-refractivity contribution is 8.00. The number of nitro benzene ring substituents is 1. The molecule has 0 aliphatic heterocycles. The Morgan fingerprint density at radius 3 is 2.43 bits per heavy atom. The maximum atomic E-state index is 13.1. The molecule has 0 aliphatic rings. The summed E-state index contributed by atoms with van der Waals surface area (Å²) in [5.74, 6) is -0.358. The summed E-state index contributed by atoms with van der Waals surface area (Å²) in [6, 6.07) is 21.2. The number of aryl methyl sites for hydroxylation is 1. The van der Waals surface area contributed by atoms with Crippen LogP contribution in [0.1, 0.15) is 16.4 Å². The molecule has 0 bridgehead atoms. The molecule has 142 valence electrons. The lowest BCUT2D eigenvalue weighted by Gasteiger charge is -2.18. The van der Waals surface area contributed by atoms with Crippen molar-refractivity contribution in [2.45, 2.75) is 17.1 Å². The van der Waals surface area contributed by atoms with Gasteiger partial charge < -0.3 is 5.32 Å². The summed E-state index contributed by atoms with van der Waals surface area (Å²) >= 11 is 7.56. The molecule has 0 fully saturated rings. The van der Waals surface area contributed by atoms with E-state index >= 15 is 0 Å². The van der Waals surface area contributed by atoms with Gasteiger partial charge in [0.25, 0.3) is 5.69 Å². The number of nitrogens with one attached hydrogen (secondary N) is 1. The molecule has 28 heavy (non-hydrogen) atoms. The smallest absolute Gasteiger partial charge is 0.293 e. The van der Waals surface area contributed by atoms with Crippen LogP contribution in [0.2, 0.25) is 5.02 Å². The van der Waals surface area contributed by atoms with Crippen LogP contribution in [0.15, 0.2) is 77.7 Å². The molecular weight excluding hydrogens is 396 g/mol. The van der Waals surface area contributed by atoms with Crippen molar-refractivity contribution in [3.05, 3.63) is 99.1 Å². The van der Waals surface area contributed by atoms with Gasteiger partial charge in [-0.25, -0.2) is 0 Å². The number of thioether (sulfide) groups is 1. The second-order valence-electron chi connectivity index (χ2n) is 6.11. The molecule has 0 unspecified atom stereocenters. The third-order valence-corrected chi connectivity index (χ3v) is 5.80. The molecule has 3 rings (SSSR count). The minimum Gasteiger partial charge on any atom is -0.319 e. The topological polar surface area (TPSA) is 72.2 Å². The number of nitrogens with zero attached hydrogens (tertiary/aromatic N) is 1. The quantitative estimate of drug-likeness (QED) is 0.305. The number of amides is 1. The zero-order valence-corrected chi connectivity index (χ0v) is 16.5. The van der Waals surface area contributed by atoms with E-state index < -0.39 is 10.2 Å². The van der Waals surface area contributed by atoms with E-state index in [1.807, 2.05) is 48.5 Å². The minimum absolute atomic E-state index is 0.136. The van der Waals surface area contributed by atoms with Crippen LogP contribution in [0.3, 0.4) is 0 Å². The number of benzene rings is 3. The van der Waals surface area contributed by atoms with E-state index in [0.717, 1.165) is 16.0 Å². The standard InChI is InChI=1S/C21H17ClN2O3S/c1-14-11-12-17(18(13-14)24(26)27)23-21(25)20(15-7-3-2-4-8-15)28-19-10-6-5-9-16(19)22/h2-13,20H,1H3,(H,23,25)/t20-/m1/s1. The van der Waals surface area contributed by atoms with Crippen molar-refractivity contribution in [2.75, 3.05) is 5.32 Å². The van der Waals surface area contributed by atoms with E-state index in [0.29, 0.717) is 5.02 Å². The van der Waals surface area contributed by atoms with Crippen LogP contribution < -0.4 is 5.32 Å². The molecule has 1 N–H and O–H groups in total. The molecule has 1 amide bonds. The van der Waals surface area contributed by atoms with Crippen molar-refractivity contribution < 1.29 is 9.72 Å². The average Bonchev–Trinajstić information content (AvgIpc) is 2.69. The van der Waals surface area contributed by atoms with E-state index in [2.05, 4.69) is 5.32 Å². The van der Waals surface area contributed by atoms with Crippen molar-refractivity contribution in [1.29, 1.82) is 0 Å². The van der Waals surface area contributed by atoms with Crippen molar-refractivity contribution in [3.8, 4) is 0 Å². The maximum absolute atomic E-state index is 13.1. The molecule has 0 spiro atoms. The number of carbonyl (C=O) groups is 1. The lowest BCUT2D eigenvalue weighted by molar-refractivity contribution is -0.384. The molecule has 0 radical (unpaired) electrons. The number of halogens is 1. The summed E-state index contributed by atoms with van der Waals surface area (Å²) in [6.07, 6.45) is 0. The Kier molecular flexibility index (Phi) is 6.34. The fourth-order valence-electron chi connectivity index (χ4n) is 2.66. The fraction of sp³-hybridized carbons (Fsp3) is 0.0952. The van der Waals surface area contributed by atoms with Gasteiger partial charge in [-0.1, -0.05) is 60.1 Å². The average molecular weight is 413 g/mol. The second-order valence-corrected chi connectivity index (χ2v) is 7.66. The molecule has 1 atom stereocenters. The van der Waals surface area contributed by atoms with Crippen molar-refractivity contribution in [3.63, 3.8) is 0 Å². The normalized spacial score (nSPS) is 11.6. The Labute approximate surface area is 171 Å². The fourth-order valence-corrected chi connectivity index (χ4v) is 3.98. The van der Waals surface area contributed by atoms with E-state index in [4.69, 9.17) is 11.6 Å². The first-order chi connectivity index (χ1) is 13.5. The number of carbonyl (C=O) groups excluding carboxylic acids is 1. The molecule has 0 aromatic heterocycles. The summed E-state index contributed by atoms with van der Waals surface area (Å²) in [5.41, 5.74) is 1.55. The third kappa shape index (κ3) is 4.71. The Morgan fingerprint density at radius 1 is 1.07 bits per heavy atom. The third-order valence-electron chi connectivity index (χ3n) is 4.03. The van der Waals surface area contributed by atoms with Crippen LogP contribution in [0.4, 0.5) is 11.4 Å². The molecule has 3 aromatic carbocycles. The van der Waals surface area contributed by atoms with E-state index in [-0.39, 0.29) is 17.3 Å². The predicted molar refractivity (Wildman–Crippen MR) is 113 cm³/mol. The van der Waals surface area contributed by atoms with Gasteiger partial charge in [-0.2, -0.15) is 0 Å². The first-order valence-corrected chi connectivity index (χ1v) is 9.73. The molecule has 3 aromatic rings. The minimum atomic E-state index is -0.623. The summed E-state index contributed by atoms with van der Waals surface area (Å²) in [5, 5.41) is 14.0. The Morgan fingerprint density at radius 2 is 1.75 bits per heavy atom. The van der Waals surface area contributed by atoms with Gasteiger partial charge in [-0.05, 0) is 36.2 Å². The zero-order valence-electron chi connectivity index (χ0n) is 15.0. The summed E-state index contributed by atoms with van der Waals surface area (Å²) in [4.78, 5) is 24.7. The highest BCUT2D eigenvalue weighted by Crippen LogP contribution is 2.40. The molecule has 5 nitrogen and oxygen atoms in total. The van der Waals surface area contributed by atoms with Crippen LogP contribution in [-0.4, -0.2) is 10.8 Å². The van der Waals surface area contributed by atoms with Crippen molar-refractivity contribution >= 4 is 40.6 Å². The number of hydrogen-bond acceptors (Lipinski definition) is 4. The van der Waals surface area contributed by atoms with E-state index in [1.165, 1.54) is 17.8 Å². The Bertz CT molecular complexity index is 1010. The molecule has 0 aliphatic carbocycles. The van der Waals surface area contributed by atoms with Crippen molar-refractivity contribution in [2.24, 2.45) is 0 Å². The number of anilines is 1. The van der Waals surface area contributed by atoms with E-state index in [9.17, 15) is 14.9 Å². The van der Waals surface area contributed by atoms with Gasteiger partial charge in [0.15, 0.2) is 0 Å². The van der Waals surface area contributed by atoms with Gasteiger partial charge >= 0.3 is 0 Å². The van der Waals surface area contributed by atoms with Crippen LogP contribution in [0.25, 0.3) is 0 Å². The summed E-state index contributed by atoms with van der Waals surface area (Å²) in [7, 11) is 0. The molecule has 7 heteroatoms. The Balaban J connectivity index is 1.94. The van der Waals surface area contributed by atoms with Gasteiger partial charge in [0, 0.05) is 11.0 Å². The molecule has 0 heterocycles. The van der Waals surface area contributed by atoms with Gasteiger partial charge in [-0.15, -0.1) is 11.8 Å².